The summed E-state index contributed by atoms with van der Waals surface area (Å²) in [4.78, 5) is 23.6. The molecule has 0 unspecified atom stereocenters. The van der Waals surface area contributed by atoms with E-state index in [-0.39, 0.29) is 11.9 Å². The van der Waals surface area contributed by atoms with E-state index >= 15 is 0 Å². The number of hydrogen-bond acceptors (Lipinski definition) is 5. The Bertz CT molecular complexity index is 614. The largest absolute Gasteiger partial charge is 0.426 e. The van der Waals surface area contributed by atoms with E-state index in [1.165, 1.54) is 26.5 Å². The standard InChI is InChI=1S/C18H24N2O4/c1-18(2,23)17(22)20-19-12-13-7-6-10-15(11-13)24-16(21)14-8-4-3-5-9-14/h6-7,10-12,14,23H,3-5,8-9H2,1-2H3,(H,20,22)/b19-12-. The number of nitrogens with zero attached hydrogens (tertiary/aromatic N) is 1. The van der Waals surface area contributed by atoms with Crippen molar-refractivity contribution in [3.63, 3.8) is 0 Å². The number of carbonyl (C=O) groups excluding carboxylic acids is 2. The molecule has 1 fully saturated rings. The first kappa shape index (κ1) is 18.1. The molecule has 0 saturated heterocycles. The minimum Gasteiger partial charge on any atom is -0.426 e. The summed E-state index contributed by atoms with van der Waals surface area (Å²) in [6.45, 7) is 2.76. The average Bonchev–Trinajstić information content (AvgIpc) is 2.55. The Balaban J connectivity index is 1.93. The summed E-state index contributed by atoms with van der Waals surface area (Å²) in [6, 6.07) is 6.92. The van der Waals surface area contributed by atoms with Gasteiger partial charge >= 0.3 is 5.97 Å². The number of ether oxygens (including phenoxy) is 1. The Kier molecular flexibility index (Phi) is 6.09. The molecule has 1 aliphatic rings. The zero-order valence-corrected chi connectivity index (χ0v) is 14.1. The summed E-state index contributed by atoms with van der Waals surface area (Å²) in [5.74, 6) is -0.330. The predicted molar refractivity (Wildman–Crippen MR) is 90.7 cm³/mol. The molecule has 0 heterocycles. The van der Waals surface area contributed by atoms with Crippen LogP contribution in [0.2, 0.25) is 0 Å². The molecule has 1 aliphatic carbocycles. The van der Waals surface area contributed by atoms with Gasteiger partial charge in [0.15, 0.2) is 0 Å². The van der Waals surface area contributed by atoms with E-state index in [0.717, 1.165) is 25.7 Å². The number of nitrogens with one attached hydrogen (secondary N) is 1. The summed E-state index contributed by atoms with van der Waals surface area (Å²) < 4.78 is 5.45. The maximum atomic E-state index is 12.2. The fraction of sp³-hybridized carbons (Fsp3) is 0.500. The molecule has 1 amide bonds. The normalized spacial score (nSPS) is 16.1. The number of esters is 1. The van der Waals surface area contributed by atoms with Crippen molar-refractivity contribution in [1.29, 1.82) is 0 Å². The lowest BCUT2D eigenvalue weighted by atomic mass is 9.89. The lowest BCUT2D eigenvalue weighted by molar-refractivity contribution is -0.140. The van der Waals surface area contributed by atoms with Gasteiger partial charge in [-0.05, 0) is 44.4 Å². The zero-order valence-electron chi connectivity index (χ0n) is 14.1. The Morgan fingerprint density at radius 3 is 2.67 bits per heavy atom. The average molecular weight is 332 g/mol. The van der Waals surface area contributed by atoms with Crippen LogP contribution in [0.1, 0.15) is 51.5 Å². The Labute approximate surface area is 141 Å². The van der Waals surface area contributed by atoms with Gasteiger partial charge in [-0.2, -0.15) is 5.10 Å². The molecular formula is C18H24N2O4. The molecule has 24 heavy (non-hydrogen) atoms. The number of benzene rings is 1. The van der Waals surface area contributed by atoms with E-state index in [1.807, 2.05) is 0 Å². The van der Waals surface area contributed by atoms with Crippen LogP contribution in [0.25, 0.3) is 0 Å². The Hall–Kier alpha value is -2.21. The van der Waals surface area contributed by atoms with Crippen LogP contribution in [0.5, 0.6) is 5.75 Å². The van der Waals surface area contributed by atoms with Gasteiger partial charge in [-0.3, -0.25) is 9.59 Å². The van der Waals surface area contributed by atoms with Gasteiger partial charge in [-0.1, -0.05) is 31.4 Å². The van der Waals surface area contributed by atoms with Crippen LogP contribution in [0, 0.1) is 5.92 Å². The van der Waals surface area contributed by atoms with Crippen LogP contribution in [0.3, 0.4) is 0 Å². The van der Waals surface area contributed by atoms with Gasteiger partial charge in [0.1, 0.15) is 11.4 Å². The smallest absolute Gasteiger partial charge is 0.314 e. The maximum Gasteiger partial charge on any atom is 0.314 e. The maximum absolute atomic E-state index is 12.2. The monoisotopic (exact) mass is 332 g/mol. The van der Waals surface area contributed by atoms with Gasteiger partial charge < -0.3 is 9.84 Å². The lowest BCUT2D eigenvalue weighted by Crippen LogP contribution is -2.39. The molecule has 130 valence electrons. The van der Waals surface area contributed by atoms with Crippen molar-refractivity contribution >= 4 is 18.1 Å². The number of hydrazone groups is 1. The molecule has 6 nitrogen and oxygen atoms in total. The van der Waals surface area contributed by atoms with Crippen molar-refractivity contribution in [2.45, 2.75) is 51.6 Å². The van der Waals surface area contributed by atoms with Crippen LogP contribution in [-0.2, 0) is 9.59 Å². The van der Waals surface area contributed by atoms with E-state index in [1.54, 1.807) is 24.3 Å². The summed E-state index contributed by atoms with van der Waals surface area (Å²) >= 11 is 0. The molecule has 0 radical (unpaired) electrons. The Morgan fingerprint density at radius 2 is 2.00 bits per heavy atom. The molecule has 1 aromatic carbocycles. The highest BCUT2D eigenvalue weighted by Crippen LogP contribution is 2.25. The van der Waals surface area contributed by atoms with Gasteiger partial charge in [-0.15, -0.1) is 0 Å². The molecular weight excluding hydrogens is 308 g/mol. The molecule has 2 rings (SSSR count). The van der Waals surface area contributed by atoms with Crippen molar-refractivity contribution in [3.8, 4) is 5.75 Å². The molecule has 1 saturated carbocycles. The minimum absolute atomic E-state index is 0.0119. The third-order valence-corrected chi connectivity index (χ3v) is 3.95. The first-order valence-corrected chi connectivity index (χ1v) is 8.24. The highest BCUT2D eigenvalue weighted by atomic mass is 16.5. The number of amides is 1. The van der Waals surface area contributed by atoms with Crippen molar-refractivity contribution in [2.75, 3.05) is 0 Å². The molecule has 0 bridgehead atoms. The quantitative estimate of drug-likeness (QED) is 0.375. The van der Waals surface area contributed by atoms with E-state index in [9.17, 15) is 14.7 Å². The highest BCUT2D eigenvalue weighted by Gasteiger charge is 2.23. The summed E-state index contributed by atoms with van der Waals surface area (Å²) in [5.41, 5.74) is 1.44. The number of hydrogen-bond donors (Lipinski definition) is 2. The highest BCUT2D eigenvalue weighted by molar-refractivity contribution is 5.86. The van der Waals surface area contributed by atoms with Gasteiger partial charge in [0, 0.05) is 0 Å². The first-order valence-electron chi connectivity index (χ1n) is 8.24. The van der Waals surface area contributed by atoms with Gasteiger partial charge in [0.05, 0.1) is 12.1 Å². The van der Waals surface area contributed by atoms with Crippen molar-refractivity contribution in [2.24, 2.45) is 11.0 Å². The molecule has 1 aromatic rings. The van der Waals surface area contributed by atoms with Crippen LogP contribution < -0.4 is 10.2 Å². The molecule has 0 spiro atoms. The van der Waals surface area contributed by atoms with Gasteiger partial charge in [-0.25, -0.2) is 5.43 Å². The fourth-order valence-corrected chi connectivity index (χ4v) is 2.50. The molecule has 0 aromatic heterocycles. The van der Waals surface area contributed by atoms with E-state index in [0.29, 0.717) is 11.3 Å². The summed E-state index contributed by atoms with van der Waals surface area (Å²) in [6.07, 6.45) is 6.56. The number of rotatable bonds is 5. The third kappa shape index (κ3) is 5.45. The topological polar surface area (TPSA) is 88.0 Å². The summed E-state index contributed by atoms with van der Waals surface area (Å²) in [7, 11) is 0. The van der Waals surface area contributed by atoms with Crippen molar-refractivity contribution in [3.05, 3.63) is 29.8 Å². The number of carbonyl (C=O) groups is 2. The number of aliphatic hydroxyl groups is 1. The van der Waals surface area contributed by atoms with Crippen molar-refractivity contribution < 1.29 is 19.4 Å². The van der Waals surface area contributed by atoms with Crippen LogP contribution >= 0.6 is 0 Å². The Morgan fingerprint density at radius 1 is 1.29 bits per heavy atom. The lowest BCUT2D eigenvalue weighted by Gasteiger charge is -2.19. The molecule has 2 N–H and O–H groups in total. The predicted octanol–water partition coefficient (Wildman–Crippen LogP) is 2.39. The second-order valence-corrected chi connectivity index (χ2v) is 6.59. The second kappa shape index (κ2) is 8.06. The minimum atomic E-state index is -1.49. The zero-order chi connectivity index (χ0) is 17.6. The third-order valence-electron chi connectivity index (χ3n) is 3.95. The van der Waals surface area contributed by atoms with E-state index in [2.05, 4.69) is 10.5 Å². The summed E-state index contributed by atoms with van der Waals surface area (Å²) in [5, 5.41) is 13.3. The van der Waals surface area contributed by atoms with E-state index < -0.39 is 11.5 Å². The van der Waals surface area contributed by atoms with Gasteiger partial charge in [0.25, 0.3) is 5.91 Å². The SMILES string of the molecule is CC(C)(O)C(=O)N/N=C\c1cccc(OC(=O)C2CCCCC2)c1. The van der Waals surface area contributed by atoms with Crippen LogP contribution in [0.4, 0.5) is 0 Å². The molecule has 6 heteroatoms. The van der Waals surface area contributed by atoms with Crippen molar-refractivity contribution in [1.82, 2.24) is 5.43 Å². The first-order chi connectivity index (χ1) is 11.4. The van der Waals surface area contributed by atoms with Crippen LogP contribution in [-0.4, -0.2) is 28.8 Å². The van der Waals surface area contributed by atoms with E-state index in [4.69, 9.17) is 4.74 Å². The molecule has 0 aliphatic heterocycles. The second-order valence-electron chi connectivity index (χ2n) is 6.59. The van der Waals surface area contributed by atoms with Crippen LogP contribution in [0.15, 0.2) is 29.4 Å². The van der Waals surface area contributed by atoms with Gasteiger partial charge in [0.2, 0.25) is 0 Å². The fourth-order valence-electron chi connectivity index (χ4n) is 2.50. The molecule has 0 atom stereocenters.